The first-order valence-corrected chi connectivity index (χ1v) is 11.2. The van der Waals surface area contributed by atoms with Crippen molar-refractivity contribution in [2.75, 3.05) is 44.3 Å². The molecule has 2 N–H and O–H groups in total. The Labute approximate surface area is 184 Å². The van der Waals surface area contributed by atoms with Crippen LogP contribution in [0, 0.1) is 0 Å². The maximum absolute atomic E-state index is 13.1. The normalized spacial score (nSPS) is 20.1. The molecule has 1 spiro atoms. The summed E-state index contributed by atoms with van der Waals surface area (Å²) in [5.41, 5.74) is 2.63. The van der Waals surface area contributed by atoms with Gasteiger partial charge in [0.05, 0.1) is 25.1 Å². The average Bonchev–Trinajstić information content (AvgIpc) is 3.45. The molecule has 0 aromatic carbocycles. The molecule has 2 aliphatic heterocycles. The highest BCUT2D eigenvalue weighted by Gasteiger charge is 2.45. The van der Waals surface area contributed by atoms with Crippen LogP contribution >= 0.6 is 0 Å². The molecule has 0 unspecified atom stereocenters. The number of aromatic nitrogens is 5. The van der Waals surface area contributed by atoms with Crippen LogP contribution < -0.4 is 10.5 Å². The zero-order valence-electron chi connectivity index (χ0n) is 17.8. The van der Waals surface area contributed by atoms with Gasteiger partial charge in [0, 0.05) is 42.5 Å². The summed E-state index contributed by atoms with van der Waals surface area (Å²) in [5.74, 6) is 0.580. The molecule has 2 fully saturated rings. The number of morpholine rings is 1. The standard InChI is InChI=1S/C22H25N7O3/c30-19-15-3-4-22(17(15)25-21(26-19)29-9-11-32-12-10-29)5-7-28(8-6-22)20(31)16-2-1-14-13-23-27-18(14)24-16/h1-2,13H,3-12H2,(H,23,24,27)(H,25,26,30). The lowest BCUT2D eigenvalue weighted by Crippen LogP contribution is -2.45. The minimum Gasteiger partial charge on any atom is -0.378 e. The Kier molecular flexibility index (Phi) is 4.49. The molecular formula is C22H25N7O3. The van der Waals surface area contributed by atoms with Crippen LogP contribution in [0.3, 0.4) is 0 Å². The van der Waals surface area contributed by atoms with E-state index in [9.17, 15) is 9.59 Å². The van der Waals surface area contributed by atoms with Crippen LogP contribution in [0.1, 0.15) is 41.0 Å². The molecule has 0 radical (unpaired) electrons. The first kappa shape index (κ1) is 19.4. The summed E-state index contributed by atoms with van der Waals surface area (Å²) in [6, 6.07) is 3.62. The third kappa shape index (κ3) is 3.09. The second-order valence-corrected chi connectivity index (χ2v) is 8.89. The van der Waals surface area contributed by atoms with E-state index in [1.165, 1.54) is 0 Å². The van der Waals surface area contributed by atoms with Crippen LogP contribution in [0.4, 0.5) is 5.95 Å². The van der Waals surface area contributed by atoms with Gasteiger partial charge in [0.15, 0.2) is 5.65 Å². The highest BCUT2D eigenvalue weighted by Crippen LogP contribution is 2.44. The largest absolute Gasteiger partial charge is 0.378 e. The quantitative estimate of drug-likeness (QED) is 0.616. The van der Waals surface area contributed by atoms with Gasteiger partial charge in [-0.3, -0.25) is 19.7 Å². The number of hydrogen-bond acceptors (Lipinski definition) is 7. The molecule has 1 aliphatic carbocycles. The number of hydrogen-bond donors (Lipinski definition) is 2. The van der Waals surface area contributed by atoms with Crippen molar-refractivity contribution < 1.29 is 9.53 Å². The molecule has 3 aromatic rings. The van der Waals surface area contributed by atoms with Crippen LogP contribution in [0.2, 0.25) is 0 Å². The highest BCUT2D eigenvalue weighted by molar-refractivity contribution is 5.94. The Bertz CT molecular complexity index is 1240. The minimum absolute atomic E-state index is 0.0241. The lowest BCUT2D eigenvalue weighted by molar-refractivity contribution is 0.0658. The molecule has 0 bridgehead atoms. The first-order chi connectivity index (χ1) is 15.6. The number of carbonyl (C=O) groups is 1. The molecule has 5 heterocycles. The van der Waals surface area contributed by atoms with E-state index in [0.29, 0.717) is 43.6 Å². The predicted molar refractivity (Wildman–Crippen MR) is 117 cm³/mol. The summed E-state index contributed by atoms with van der Waals surface area (Å²) >= 11 is 0. The van der Waals surface area contributed by atoms with E-state index in [4.69, 9.17) is 9.72 Å². The van der Waals surface area contributed by atoms with Gasteiger partial charge in [0.25, 0.3) is 11.5 Å². The molecule has 2 saturated heterocycles. The van der Waals surface area contributed by atoms with E-state index in [2.05, 4.69) is 25.1 Å². The number of H-pyrrole nitrogens is 2. The monoisotopic (exact) mass is 435 g/mol. The van der Waals surface area contributed by atoms with Crippen molar-refractivity contribution in [1.29, 1.82) is 0 Å². The zero-order chi connectivity index (χ0) is 21.7. The van der Waals surface area contributed by atoms with Gasteiger partial charge in [0.1, 0.15) is 5.69 Å². The number of amides is 1. The van der Waals surface area contributed by atoms with E-state index in [1.807, 2.05) is 11.0 Å². The van der Waals surface area contributed by atoms with Gasteiger partial charge in [0.2, 0.25) is 5.95 Å². The van der Waals surface area contributed by atoms with Crippen molar-refractivity contribution in [2.24, 2.45) is 0 Å². The Morgan fingerprint density at radius 2 is 1.88 bits per heavy atom. The number of rotatable bonds is 2. The summed E-state index contributed by atoms with van der Waals surface area (Å²) in [4.78, 5) is 42.2. The van der Waals surface area contributed by atoms with Crippen molar-refractivity contribution in [2.45, 2.75) is 31.1 Å². The molecule has 1 amide bonds. The Balaban J connectivity index is 1.23. The number of nitrogens with zero attached hydrogens (tertiary/aromatic N) is 5. The number of carbonyl (C=O) groups excluding carboxylic acids is 1. The Hall–Kier alpha value is -3.27. The number of fused-ring (bicyclic) bond motifs is 3. The third-order valence-electron chi connectivity index (χ3n) is 7.20. The SMILES string of the molecule is O=C(c1ccc2cn[nH]c2n1)N1CCC2(CCc3c2nc(N2CCOCC2)[nH]c3=O)CC1. The molecule has 3 aliphatic rings. The van der Waals surface area contributed by atoms with E-state index in [0.717, 1.165) is 55.4 Å². The topological polar surface area (TPSA) is 120 Å². The highest BCUT2D eigenvalue weighted by atomic mass is 16.5. The number of nitrogens with one attached hydrogen (secondary N) is 2. The van der Waals surface area contributed by atoms with Gasteiger partial charge in [-0.05, 0) is 37.8 Å². The molecule has 6 rings (SSSR count). The van der Waals surface area contributed by atoms with E-state index < -0.39 is 0 Å². The molecule has 0 atom stereocenters. The second-order valence-electron chi connectivity index (χ2n) is 8.89. The Morgan fingerprint density at radius 1 is 1.06 bits per heavy atom. The smallest absolute Gasteiger partial charge is 0.272 e. The summed E-state index contributed by atoms with van der Waals surface area (Å²) < 4.78 is 5.43. The number of piperidine rings is 1. The van der Waals surface area contributed by atoms with E-state index in [1.54, 1.807) is 12.3 Å². The molecule has 10 heteroatoms. The minimum atomic E-state index is -0.137. The maximum atomic E-state index is 13.1. The van der Waals surface area contributed by atoms with E-state index in [-0.39, 0.29) is 16.9 Å². The fourth-order valence-electron chi connectivity index (χ4n) is 5.30. The predicted octanol–water partition coefficient (Wildman–Crippen LogP) is 0.998. The van der Waals surface area contributed by atoms with Crippen LogP contribution in [-0.4, -0.2) is 75.3 Å². The van der Waals surface area contributed by atoms with Gasteiger partial charge >= 0.3 is 0 Å². The molecule has 3 aromatic heterocycles. The lowest BCUT2D eigenvalue weighted by Gasteiger charge is -2.39. The zero-order valence-corrected chi connectivity index (χ0v) is 17.8. The summed E-state index contributed by atoms with van der Waals surface area (Å²) in [7, 11) is 0. The van der Waals surface area contributed by atoms with Crippen molar-refractivity contribution in [1.82, 2.24) is 30.0 Å². The summed E-state index contributed by atoms with van der Waals surface area (Å²) in [6.07, 6.45) is 4.95. The van der Waals surface area contributed by atoms with Crippen LogP contribution in [0.25, 0.3) is 11.0 Å². The van der Waals surface area contributed by atoms with Crippen molar-refractivity contribution >= 4 is 22.9 Å². The first-order valence-electron chi connectivity index (χ1n) is 11.2. The average molecular weight is 435 g/mol. The number of pyridine rings is 1. The molecule has 166 valence electrons. The summed E-state index contributed by atoms with van der Waals surface area (Å²) in [5, 5.41) is 7.68. The van der Waals surface area contributed by atoms with Crippen LogP contribution in [0.15, 0.2) is 23.1 Å². The van der Waals surface area contributed by atoms with Crippen molar-refractivity contribution in [3.05, 3.63) is 45.6 Å². The van der Waals surface area contributed by atoms with Gasteiger partial charge in [-0.2, -0.15) is 5.10 Å². The van der Waals surface area contributed by atoms with Crippen molar-refractivity contribution in [3.8, 4) is 0 Å². The summed E-state index contributed by atoms with van der Waals surface area (Å²) in [6.45, 7) is 3.99. The van der Waals surface area contributed by atoms with Gasteiger partial charge < -0.3 is 14.5 Å². The van der Waals surface area contributed by atoms with Gasteiger partial charge in [-0.1, -0.05) is 0 Å². The fraction of sp³-hybridized carbons (Fsp3) is 0.500. The number of aromatic amines is 2. The fourth-order valence-corrected chi connectivity index (χ4v) is 5.30. The Morgan fingerprint density at radius 3 is 2.69 bits per heavy atom. The van der Waals surface area contributed by atoms with Crippen LogP contribution in [0.5, 0.6) is 0 Å². The van der Waals surface area contributed by atoms with Gasteiger partial charge in [-0.15, -0.1) is 0 Å². The third-order valence-corrected chi connectivity index (χ3v) is 7.20. The molecule has 10 nitrogen and oxygen atoms in total. The molecular weight excluding hydrogens is 410 g/mol. The molecule has 32 heavy (non-hydrogen) atoms. The number of likely N-dealkylation sites (tertiary alicyclic amines) is 1. The van der Waals surface area contributed by atoms with Crippen LogP contribution in [-0.2, 0) is 16.6 Å². The van der Waals surface area contributed by atoms with E-state index >= 15 is 0 Å². The van der Waals surface area contributed by atoms with Gasteiger partial charge in [-0.25, -0.2) is 9.97 Å². The number of anilines is 1. The maximum Gasteiger partial charge on any atom is 0.272 e. The number of ether oxygens (including phenoxy) is 1. The second kappa shape index (κ2) is 7.40. The lowest BCUT2D eigenvalue weighted by atomic mass is 9.76. The van der Waals surface area contributed by atoms with Crippen molar-refractivity contribution in [3.63, 3.8) is 0 Å². The molecule has 0 saturated carbocycles.